The van der Waals surface area contributed by atoms with Crippen LogP contribution in [0.3, 0.4) is 0 Å². The number of benzene rings is 1. The van der Waals surface area contributed by atoms with E-state index in [0.29, 0.717) is 5.92 Å². The quantitative estimate of drug-likeness (QED) is 0.826. The third kappa shape index (κ3) is 2.68. The second-order valence-corrected chi connectivity index (χ2v) is 5.62. The molecule has 0 bridgehead atoms. The average molecular weight is 236 g/mol. The fourth-order valence-corrected chi connectivity index (χ4v) is 2.97. The van der Waals surface area contributed by atoms with Gasteiger partial charge in [-0.1, -0.05) is 31.9 Å². The van der Waals surface area contributed by atoms with Crippen molar-refractivity contribution in [2.75, 3.05) is 0 Å². The molecule has 3 atom stereocenters. The molecule has 1 aromatic rings. The summed E-state index contributed by atoms with van der Waals surface area (Å²) in [6.07, 6.45) is 4.57. The van der Waals surface area contributed by atoms with Gasteiger partial charge in [0.2, 0.25) is 0 Å². The first kappa shape index (κ1) is 12.6. The van der Waals surface area contributed by atoms with Crippen molar-refractivity contribution in [2.24, 2.45) is 11.8 Å². The lowest BCUT2D eigenvalue weighted by Gasteiger charge is -2.38. The molecule has 1 aromatic carbocycles. The topological polar surface area (TPSA) is 20.2 Å². The van der Waals surface area contributed by atoms with Crippen LogP contribution in [0.5, 0.6) is 0 Å². The van der Waals surface area contributed by atoms with Gasteiger partial charge >= 0.3 is 0 Å². The van der Waals surface area contributed by atoms with Crippen molar-refractivity contribution in [3.8, 4) is 0 Å². The number of aliphatic hydroxyl groups is 1. The summed E-state index contributed by atoms with van der Waals surface area (Å²) in [7, 11) is 0. The molecule has 0 amide bonds. The summed E-state index contributed by atoms with van der Waals surface area (Å²) in [4.78, 5) is 0. The highest BCUT2D eigenvalue weighted by atomic mass is 19.1. The first-order chi connectivity index (χ1) is 8.00. The fraction of sp³-hybridized carbons (Fsp3) is 0.600. The molecule has 1 saturated carbocycles. The number of hydrogen-bond donors (Lipinski definition) is 1. The normalized spacial score (nSPS) is 28.7. The Balaban J connectivity index is 2.19. The maximum atomic E-state index is 12.9. The maximum Gasteiger partial charge on any atom is 0.123 e. The largest absolute Gasteiger partial charge is 0.385 e. The van der Waals surface area contributed by atoms with Gasteiger partial charge in [0.25, 0.3) is 0 Å². The van der Waals surface area contributed by atoms with Gasteiger partial charge in [0.05, 0.1) is 5.60 Å². The number of hydrogen-bond acceptors (Lipinski definition) is 1. The molecule has 0 spiro atoms. The Morgan fingerprint density at radius 2 is 1.88 bits per heavy atom. The maximum absolute atomic E-state index is 12.9. The molecule has 0 saturated heterocycles. The summed E-state index contributed by atoms with van der Waals surface area (Å²) in [6, 6.07) is 6.26. The molecule has 2 heteroatoms. The highest BCUT2D eigenvalue weighted by Gasteiger charge is 2.36. The van der Waals surface area contributed by atoms with Crippen LogP contribution in [-0.4, -0.2) is 5.11 Å². The summed E-state index contributed by atoms with van der Waals surface area (Å²) in [5.74, 6) is 0.721. The Morgan fingerprint density at radius 1 is 1.24 bits per heavy atom. The Bertz CT molecular complexity index is 369. The van der Waals surface area contributed by atoms with Crippen LogP contribution in [0.4, 0.5) is 4.39 Å². The van der Waals surface area contributed by atoms with Gasteiger partial charge < -0.3 is 5.11 Å². The van der Waals surface area contributed by atoms with E-state index >= 15 is 0 Å². The van der Waals surface area contributed by atoms with Crippen LogP contribution in [0.1, 0.15) is 45.1 Å². The summed E-state index contributed by atoms with van der Waals surface area (Å²) >= 11 is 0. The highest BCUT2D eigenvalue weighted by molar-refractivity contribution is 5.23. The lowest BCUT2D eigenvalue weighted by molar-refractivity contribution is -0.0294. The molecule has 0 heterocycles. The number of halogens is 1. The van der Waals surface area contributed by atoms with E-state index in [9.17, 15) is 9.50 Å². The molecular formula is C15H21FO. The van der Waals surface area contributed by atoms with E-state index in [0.717, 1.165) is 18.4 Å². The summed E-state index contributed by atoms with van der Waals surface area (Å²) in [6.45, 7) is 4.11. The molecule has 1 nitrogen and oxygen atoms in total. The minimum atomic E-state index is -0.831. The molecular weight excluding hydrogens is 215 g/mol. The van der Waals surface area contributed by atoms with Crippen molar-refractivity contribution in [2.45, 2.75) is 45.1 Å². The van der Waals surface area contributed by atoms with Gasteiger partial charge in [-0.25, -0.2) is 4.39 Å². The lowest BCUT2D eigenvalue weighted by Crippen LogP contribution is -2.35. The molecule has 17 heavy (non-hydrogen) atoms. The van der Waals surface area contributed by atoms with Crippen molar-refractivity contribution in [3.63, 3.8) is 0 Å². The molecule has 1 aliphatic rings. The third-order valence-corrected chi connectivity index (χ3v) is 4.16. The van der Waals surface area contributed by atoms with Crippen LogP contribution in [0.25, 0.3) is 0 Å². The minimum Gasteiger partial charge on any atom is -0.385 e. The van der Waals surface area contributed by atoms with E-state index in [-0.39, 0.29) is 11.7 Å². The second-order valence-electron chi connectivity index (χ2n) is 5.62. The average Bonchev–Trinajstić information content (AvgIpc) is 2.29. The molecule has 1 fully saturated rings. The smallest absolute Gasteiger partial charge is 0.123 e. The predicted molar refractivity (Wildman–Crippen MR) is 67.1 cm³/mol. The van der Waals surface area contributed by atoms with E-state index < -0.39 is 5.60 Å². The Kier molecular flexibility index (Phi) is 3.53. The first-order valence-corrected chi connectivity index (χ1v) is 6.48. The Morgan fingerprint density at radius 3 is 2.47 bits per heavy atom. The summed E-state index contributed by atoms with van der Waals surface area (Å²) < 4.78 is 12.9. The van der Waals surface area contributed by atoms with E-state index in [2.05, 4.69) is 6.92 Å². The van der Waals surface area contributed by atoms with Crippen molar-refractivity contribution in [3.05, 3.63) is 35.6 Å². The van der Waals surface area contributed by atoms with E-state index in [1.165, 1.54) is 25.0 Å². The van der Waals surface area contributed by atoms with Gasteiger partial charge in [0.15, 0.2) is 0 Å². The fourth-order valence-electron chi connectivity index (χ4n) is 2.97. The van der Waals surface area contributed by atoms with Gasteiger partial charge in [-0.05, 0) is 49.3 Å². The predicted octanol–water partition coefficient (Wildman–Crippen LogP) is 3.86. The third-order valence-electron chi connectivity index (χ3n) is 4.16. The molecule has 1 N–H and O–H groups in total. The minimum absolute atomic E-state index is 0.249. The monoisotopic (exact) mass is 236 g/mol. The van der Waals surface area contributed by atoms with Gasteiger partial charge in [-0.3, -0.25) is 0 Å². The second kappa shape index (κ2) is 4.77. The van der Waals surface area contributed by atoms with Crippen LogP contribution in [0.2, 0.25) is 0 Å². The van der Waals surface area contributed by atoms with Crippen molar-refractivity contribution < 1.29 is 9.50 Å². The van der Waals surface area contributed by atoms with E-state index in [1.807, 2.05) is 6.92 Å². The van der Waals surface area contributed by atoms with Crippen LogP contribution in [0.15, 0.2) is 24.3 Å². The molecule has 0 radical (unpaired) electrons. The van der Waals surface area contributed by atoms with Crippen molar-refractivity contribution >= 4 is 0 Å². The number of rotatable bonds is 2. The molecule has 0 aliphatic heterocycles. The Labute approximate surface area is 103 Å². The van der Waals surface area contributed by atoms with Crippen molar-refractivity contribution in [1.29, 1.82) is 0 Å². The summed E-state index contributed by atoms with van der Waals surface area (Å²) in [5, 5.41) is 10.7. The van der Waals surface area contributed by atoms with Crippen molar-refractivity contribution in [1.82, 2.24) is 0 Å². The SMILES string of the molecule is CC1CCCC(C(C)(O)c2ccc(F)cc2)C1. The highest BCUT2D eigenvalue weighted by Crippen LogP contribution is 2.40. The Hall–Kier alpha value is -0.890. The van der Waals surface area contributed by atoms with Gasteiger partial charge in [-0.15, -0.1) is 0 Å². The van der Waals surface area contributed by atoms with Crippen LogP contribution < -0.4 is 0 Å². The zero-order chi connectivity index (χ0) is 12.5. The molecule has 2 rings (SSSR count). The molecule has 0 aromatic heterocycles. The molecule has 1 aliphatic carbocycles. The molecule has 94 valence electrons. The molecule has 3 unspecified atom stereocenters. The van der Waals surface area contributed by atoms with Gasteiger partial charge in [0, 0.05) is 0 Å². The van der Waals surface area contributed by atoms with Gasteiger partial charge in [0.1, 0.15) is 5.82 Å². The lowest BCUT2D eigenvalue weighted by atomic mass is 9.71. The van der Waals surface area contributed by atoms with Gasteiger partial charge in [-0.2, -0.15) is 0 Å². The van der Waals surface area contributed by atoms with Crippen LogP contribution >= 0.6 is 0 Å². The standard InChI is InChI=1S/C15H21FO/c1-11-4-3-5-13(10-11)15(2,17)12-6-8-14(16)9-7-12/h6-9,11,13,17H,3-5,10H2,1-2H3. The zero-order valence-electron chi connectivity index (χ0n) is 10.6. The van der Waals surface area contributed by atoms with E-state index in [1.54, 1.807) is 12.1 Å². The summed E-state index contributed by atoms with van der Waals surface area (Å²) in [5.41, 5.74) is 0.000509. The van der Waals surface area contributed by atoms with Crippen LogP contribution in [-0.2, 0) is 5.60 Å². The first-order valence-electron chi connectivity index (χ1n) is 6.48. The zero-order valence-corrected chi connectivity index (χ0v) is 10.6. The van der Waals surface area contributed by atoms with E-state index in [4.69, 9.17) is 0 Å². The van der Waals surface area contributed by atoms with Crippen LogP contribution in [0, 0.1) is 17.7 Å².